The molecule has 1 rings (SSSR count). The topological polar surface area (TPSA) is 30.5 Å². The summed E-state index contributed by atoms with van der Waals surface area (Å²) in [4.78, 5) is 0. The summed E-state index contributed by atoms with van der Waals surface area (Å²) in [5, 5.41) is 3.41. The van der Waals surface area contributed by atoms with Crippen molar-refractivity contribution in [2.45, 2.75) is 39.7 Å². The highest BCUT2D eigenvalue weighted by molar-refractivity contribution is 5.57. The van der Waals surface area contributed by atoms with Gasteiger partial charge in [0.05, 0.1) is 17.9 Å². The molecule has 1 N–H and O–H groups in total. The van der Waals surface area contributed by atoms with Gasteiger partial charge in [0, 0.05) is 13.7 Å². The Labute approximate surface area is 110 Å². The van der Waals surface area contributed by atoms with Crippen LogP contribution >= 0.6 is 0 Å². The van der Waals surface area contributed by atoms with E-state index < -0.39 is 0 Å². The molecular weight excluding hydrogens is 226 g/mol. The van der Waals surface area contributed by atoms with Crippen molar-refractivity contribution in [3.05, 3.63) is 23.8 Å². The highest BCUT2D eigenvalue weighted by Gasteiger charge is 2.15. The number of benzene rings is 1. The summed E-state index contributed by atoms with van der Waals surface area (Å²) in [5.74, 6) is 0.924. The molecule has 0 aromatic heterocycles. The number of hydrogen-bond donors (Lipinski definition) is 1. The molecule has 0 aliphatic heterocycles. The number of nitrogens with one attached hydrogen (secondary N) is 1. The van der Waals surface area contributed by atoms with E-state index in [1.807, 2.05) is 6.92 Å². The number of methoxy groups -OCH3 is 1. The average Bonchev–Trinajstić information content (AvgIpc) is 2.32. The van der Waals surface area contributed by atoms with Gasteiger partial charge >= 0.3 is 0 Å². The number of rotatable bonds is 7. The Morgan fingerprint density at radius 1 is 1.28 bits per heavy atom. The maximum atomic E-state index is 5.63. The number of ether oxygens (including phenoxy) is 2. The molecule has 1 aromatic carbocycles. The minimum absolute atomic E-state index is 0.0938. The molecule has 0 amide bonds. The minimum Gasteiger partial charge on any atom is -0.492 e. The summed E-state index contributed by atoms with van der Waals surface area (Å²) in [5.41, 5.74) is 2.17. The van der Waals surface area contributed by atoms with Gasteiger partial charge in [0.25, 0.3) is 0 Å². The van der Waals surface area contributed by atoms with E-state index in [0.29, 0.717) is 6.61 Å². The van der Waals surface area contributed by atoms with Crippen LogP contribution in [-0.2, 0) is 4.74 Å². The Balaban J connectivity index is 2.61. The number of anilines is 1. The largest absolute Gasteiger partial charge is 0.492 e. The fraction of sp³-hybridized carbons (Fsp3) is 0.600. The molecule has 0 radical (unpaired) electrons. The van der Waals surface area contributed by atoms with E-state index in [4.69, 9.17) is 9.47 Å². The average molecular weight is 251 g/mol. The van der Waals surface area contributed by atoms with Crippen LogP contribution in [0.4, 0.5) is 5.69 Å². The molecular formula is C15H25NO2. The van der Waals surface area contributed by atoms with E-state index in [0.717, 1.165) is 24.4 Å². The van der Waals surface area contributed by atoms with Crippen LogP contribution in [0.3, 0.4) is 0 Å². The van der Waals surface area contributed by atoms with E-state index in [1.54, 1.807) is 7.11 Å². The van der Waals surface area contributed by atoms with E-state index in [1.165, 1.54) is 5.56 Å². The molecule has 0 aliphatic rings. The lowest BCUT2D eigenvalue weighted by molar-refractivity contribution is 0.0185. The van der Waals surface area contributed by atoms with Crippen LogP contribution in [-0.4, -0.2) is 25.9 Å². The first kappa shape index (κ1) is 14.8. The summed E-state index contributed by atoms with van der Waals surface area (Å²) >= 11 is 0. The molecule has 3 heteroatoms. The third-order valence-corrected chi connectivity index (χ3v) is 3.03. The molecule has 0 unspecified atom stereocenters. The van der Waals surface area contributed by atoms with Gasteiger partial charge in [-0.2, -0.15) is 0 Å². The van der Waals surface area contributed by atoms with Crippen molar-refractivity contribution in [2.75, 3.05) is 25.6 Å². The molecule has 0 aliphatic carbocycles. The summed E-state index contributed by atoms with van der Waals surface area (Å²) < 4.78 is 11.0. The summed E-state index contributed by atoms with van der Waals surface area (Å²) in [7, 11) is 1.75. The first-order valence-corrected chi connectivity index (χ1v) is 6.51. The monoisotopic (exact) mass is 251 g/mol. The molecule has 0 saturated carbocycles. The van der Waals surface area contributed by atoms with Gasteiger partial charge in [-0.15, -0.1) is 0 Å². The Kier molecular flexibility index (Phi) is 5.48. The zero-order valence-electron chi connectivity index (χ0n) is 12.2. The van der Waals surface area contributed by atoms with Gasteiger partial charge in [0.2, 0.25) is 0 Å². The lowest BCUT2D eigenvalue weighted by Crippen LogP contribution is -2.25. The lowest BCUT2D eigenvalue weighted by atomic mass is 10.1. The van der Waals surface area contributed by atoms with Crippen LogP contribution < -0.4 is 10.1 Å². The Morgan fingerprint density at radius 3 is 2.61 bits per heavy atom. The van der Waals surface area contributed by atoms with Gasteiger partial charge < -0.3 is 14.8 Å². The predicted molar refractivity (Wildman–Crippen MR) is 76.5 cm³/mol. The second-order valence-electron chi connectivity index (χ2n) is 5.07. The third kappa shape index (κ3) is 4.57. The summed E-state index contributed by atoms with van der Waals surface area (Å²) in [6.07, 6.45) is 0.947. The van der Waals surface area contributed by atoms with E-state index >= 15 is 0 Å². The van der Waals surface area contributed by atoms with Gasteiger partial charge in [-0.05, 0) is 51.8 Å². The van der Waals surface area contributed by atoms with E-state index in [9.17, 15) is 0 Å². The Bertz CT molecular complexity index is 375. The minimum atomic E-state index is -0.0938. The van der Waals surface area contributed by atoms with Crippen LogP contribution in [0.2, 0.25) is 0 Å². The van der Waals surface area contributed by atoms with Crippen molar-refractivity contribution in [3.8, 4) is 5.75 Å². The second kappa shape index (κ2) is 6.64. The van der Waals surface area contributed by atoms with Crippen molar-refractivity contribution in [1.82, 2.24) is 0 Å². The van der Waals surface area contributed by atoms with Crippen molar-refractivity contribution in [3.63, 3.8) is 0 Å². The van der Waals surface area contributed by atoms with Gasteiger partial charge in [0.15, 0.2) is 0 Å². The maximum absolute atomic E-state index is 5.63. The third-order valence-electron chi connectivity index (χ3n) is 3.03. The van der Waals surface area contributed by atoms with Gasteiger partial charge in [-0.25, -0.2) is 0 Å². The van der Waals surface area contributed by atoms with Gasteiger partial charge in [0.1, 0.15) is 5.75 Å². The van der Waals surface area contributed by atoms with Gasteiger partial charge in [-0.3, -0.25) is 0 Å². The van der Waals surface area contributed by atoms with Crippen LogP contribution in [0.15, 0.2) is 18.2 Å². The lowest BCUT2D eigenvalue weighted by Gasteiger charge is -2.23. The van der Waals surface area contributed by atoms with Crippen LogP contribution in [0.1, 0.15) is 32.8 Å². The molecule has 0 heterocycles. The summed E-state index contributed by atoms with van der Waals surface area (Å²) in [6.45, 7) is 9.80. The van der Waals surface area contributed by atoms with Crippen LogP contribution in [0, 0.1) is 6.92 Å². The van der Waals surface area contributed by atoms with Crippen molar-refractivity contribution >= 4 is 5.69 Å². The number of hydrogen-bond acceptors (Lipinski definition) is 3. The fourth-order valence-corrected chi connectivity index (χ4v) is 1.65. The van der Waals surface area contributed by atoms with Crippen LogP contribution in [0.25, 0.3) is 0 Å². The first-order valence-electron chi connectivity index (χ1n) is 6.51. The molecule has 0 spiro atoms. The van der Waals surface area contributed by atoms with E-state index in [-0.39, 0.29) is 5.60 Å². The quantitative estimate of drug-likeness (QED) is 0.803. The maximum Gasteiger partial charge on any atom is 0.142 e. The Hall–Kier alpha value is -1.22. The Morgan fingerprint density at radius 2 is 2.00 bits per heavy atom. The fourth-order valence-electron chi connectivity index (χ4n) is 1.65. The zero-order valence-corrected chi connectivity index (χ0v) is 12.2. The van der Waals surface area contributed by atoms with Crippen molar-refractivity contribution in [2.24, 2.45) is 0 Å². The molecule has 0 atom stereocenters. The van der Waals surface area contributed by atoms with Crippen molar-refractivity contribution < 1.29 is 9.47 Å². The standard InChI is InChI=1S/C15H25NO2/c1-6-18-14-11-12(2)7-8-13(14)16-10-9-15(3,4)17-5/h7-8,11,16H,6,9-10H2,1-5H3. The normalized spacial score (nSPS) is 11.4. The zero-order chi connectivity index (χ0) is 13.6. The van der Waals surface area contributed by atoms with Gasteiger partial charge in [-0.1, -0.05) is 6.07 Å². The van der Waals surface area contributed by atoms with E-state index in [2.05, 4.69) is 44.3 Å². The second-order valence-corrected chi connectivity index (χ2v) is 5.07. The molecule has 1 aromatic rings. The molecule has 18 heavy (non-hydrogen) atoms. The smallest absolute Gasteiger partial charge is 0.142 e. The molecule has 0 bridgehead atoms. The van der Waals surface area contributed by atoms with Crippen molar-refractivity contribution in [1.29, 1.82) is 0 Å². The number of aryl methyl sites for hydroxylation is 1. The summed E-state index contributed by atoms with van der Waals surface area (Å²) in [6, 6.07) is 6.22. The first-order chi connectivity index (χ1) is 8.48. The highest BCUT2D eigenvalue weighted by atomic mass is 16.5. The molecule has 3 nitrogen and oxygen atoms in total. The molecule has 0 fully saturated rings. The van der Waals surface area contributed by atoms with Crippen LogP contribution in [0.5, 0.6) is 5.75 Å². The SMILES string of the molecule is CCOc1cc(C)ccc1NCCC(C)(C)OC. The highest BCUT2D eigenvalue weighted by Crippen LogP contribution is 2.26. The predicted octanol–water partition coefficient (Wildman–Crippen LogP) is 3.62. The molecule has 0 saturated heterocycles. The molecule has 102 valence electrons.